The first kappa shape index (κ1) is 22.5. The van der Waals surface area contributed by atoms with Crippen molar-refractivity contribution in [2.45, 2.75) is 24.1 Å². The number of benzene rings is 2. The van der Waals surface area contributed by atoms with Crippen molar-refractivity contribution >= 4 is 40.4 Å². The minimum absolute atomic E-state index is 0.153. The number of aliphatic carboxylic acids is 1. The molecule has 2 heterocycles. The van der Waals surface area contributed by atoms with Crippen LogP contribution in [0.4, 0.5) is 0 Å². The largest absolute Gasteiger partial charge is 0.497 e. The van der Waals surface area contributed by atoms with Gasteiger partial charge in [0.25, 0.3) is 5.91 Å². The molecule has 0 fully saturated rings. The van der Waals surface area contributed by atoms with Gasteiger partial charge in [0.15, 0.2) is 5.17 Å². The Morgan fingerprint density at radius 1 is 1.18 bits per heavy atom. The number of methoxy groups -OCH3 is 1. The van der Waals surface area contributed by atoms with Crippen molar-refractivity contribution in [2.75, 3.05) is 13.7 Å². The van der Waals surface area contributed by atoms with Gasteiger partial charge in [0, 0.05) is 12.8 Å². The van der Waals surface area contributed by atoms with Crippen LogP contribution in [0, 0.1) is 0 Å². The van der Waals surface area contributed by atoms with Gasteiger partial charge >= 0.3 is 5.97 Å². The maximum absolute atomic E-state index is 12.5. The molecule has 170 valence electrons. The quantitative estimate of drug-likeness (QED) is 0.643. The van der Waals surface area contributed by atoms with Gasteiger partial charge in [-0.2, -0.15) is 10.1 Å². The minimum Gasteiger partial charge on any atom is -0.497 e. The molecule has 2 aliphatic heterocycles. The Hall–Kier alpha value is -3.66. The van der Waals surface area contributed by atoms with Gasteiger partial charge in [-0.1, -0.05) is 54.2 Å². The molecule has 2 unspecified atom stereocenters. The maximum atomic E-state index is 12.5. The number of amides is 2. The lowest BCUT2D eigenvalue weighted by molar-refractivity contribution is -0.137. The number of rotatable bonds is 7. The van der Waals surface area contributed by atoms with E-state index in [1.54, 1.807) is 12.1 Å². The van der Waals surface area contributed by atoms with Crippen molar-refractivity contribution in [3.63, 3.8) is 0 Å². The molecule has 2 aliphatic rings. The molecule has 2 atom stereocenters. The van der Waals surface area contributed by atoms with Gasteiger partial charge < -0.3 is 15.2 Å². The number of carboxylic acid groups (broad SMARTS) is 1. The molecule has 0 aliphatic carbocycles. The molecule has 9 nitrogen and oxygen atoms in total. The summed E-state index contributed by atoms with van der Waals surface area (Å²) in [6, 6.07) is 17.3. The van der Waals surface area contributed by atoms with Crippen LogP contribution in [0.1, 0.15) is 30.0 Å². The highest BCUT2D eigenvalue weighted by molar-refractivity contribution is 8.15. The summed E-state index contributed by atoms with van der Waals surface area (Å²) < 4.78 is 5.26. The van der Waals surface area contributed by atoms with E-state index in [2.05, 4.69) is 10.3 Å². The van der Waals surface area contributed by atoms with Crippen molar-refractivity contribution in [2.24, 2.45) is 10.1 Å². The lowest BCUT2D eigenvalue weighted by atomic mass is 9.98. The van der Waals surface area contributed by atoms with E-state index in [4.69, 9.17) is 14.9 Å². The van der Waals surface area contributed by atoms with Crippen LogP contribution in [0.2, 0.25) is 0 Å². The summed E-state index contributed by atoms with van der Waals surface area (Å²) in [5.41, 5.74) is 2.84. The minimum atomic E-state index is -1.15. The first-order valence-corrected chi connectivity index (χ1v) is 11.2. The fourth-order valence-electron chi connectivity index (χ4n) is 3.60. The summed E-state index contributed by atoms with van der Waals surface area (Å²) >= 11 is 1.17. The number of nitrogens with one attached hydrogen (secondary N) is 1. The molecule has 2 aromatic carbocycles. The molecule has 0 spiro atoms. The molecule has 33 heavy (non-hydrogen) atoms. The Bertz CT molecular complexity index is 1120. The zero-order chi connectivity index (χ0) is 23.4. The van der Waals surface area contributed by atoms with Crippen LogP contribution in [0.25, 0.3) is 0 Å². The number of hydrogen-bond donors (Lipinski definition) is 2. The van der Waals surface area contributed by atoms with Crippen LogP contribution in [-0.2, 0) is 14.4 Å². The topological polar surface area (TPSA) is 121 Å². The molecule has 2 amide bonds. The average molecular weight is 467 g/mol. The van der Waals surface area contributed by atoms with Crippen LogP contribution in [0.15, 0.2) is 64.7 Å². The number of thioether (sulfide) groups is 1. The Kier molecular flexibility index (Phi) is 6.74. The van der Waals surface area contributed by atoms with E-state index in [9.17, 15) is 14.4 Å². The second-order valence-corrected chi connectivity index (χ2v) is 8.63. The zero-order valence-electron chi connectivity index (χ0n) is 17.8. The van der Waals surface area contributed by atoms with E-state index < -0.39 is 29.6 Å². The third-order valence-corrected chi connectivity index (χ3v) is 6.39. The Balaban J connectivity index is 1.56. The number of ether oxygens (including phenoxy) is 1. The number of amidine groups is 1. The van der Waals surface area contributed by atoms with Crippen LogP contribution < -0.4 is 10.1 Å². The maximum Gasteiger partial charge on any atom is 0.322 e. The van der Waals surface area contributed by atoms with Crippen molar-refractivity contribution < 1.29 is 24.2 Å². The first-order chi connectivity index (χ1) is 15.9. The Labute approximate surface area is 194 Å². The summed E-state index contributed by atoms with van der Waals surface area (Å²) in [7, 11) is 1.61. The molecule has 2 N–H and O–H groups in total. The van der Waals surface area contributed by atoms with Gasteiger partial charge in [0.1, 0.15) is 17.5 Å². The molecular weight excluding hydrogens is 444 g/mol. The normalized spacial score (nSPS) is 19.8. The number of carbonyl (C=O) groups is 3. The monoisotopic (exact) mass is 466 g/mol. The van der Waals surface area contributed by atoms with E-state index in [1.165, 1.54) is 11.8 Å². The van der Waals surface area contributed by atoms with Crippen molar-refractivity contribution in [3.8, 4) is 5.75 Å². The lowest BCUT2D eigenvalue weighted by Gasteiger charge is -2.23. The Morgan fingerprint density at radius 2 is 1.91 bits per heavy atom. The predicted octanol–water partition coefficient (Wildman–Crippen LogP) is 2.44. The fraction of sp³-hybridized carbons (Fsp3) is 0.261. The second kappa shape index (κ2) is 9.86. The van der Waals surface area contributed by atoms with Gasteiger partial charge in [-0.3, -0.25) is 14.4 Å². The number of carbonyl (C=O) groups excluding carboxylic acids is 2. The van der Waals surface area contributed by atoms with E-state index in [0.29, 0.717) is 11.6 Å². The molecule has 0 bridgehead atoms. The third-order valence-electron chi connectivity index (χ3n) is 5.25. The smallest absolute Gasteiger partial charge is 0.322 e. The molecule has 0 radical (unpaired) electrons. The summed E-state index contributed by atoms with van der Waals surface area (Å²) in [5, 5.41) is 17.2. The third kappa shape index (κ3) is 5.23. The molecule has 2 aromatic rings. The van der Waals surface area contributed by atoms with E-state index in [-0.39, 0.29) is 12.5 Å². The van der Waals surface area contributed by atoms with Crippen LogP contribution >= 0.6 is 11.8 Å². The molecule has 0 saturated heterocycles. The van der Waals surface area contributed by atoms with Crippen LogP contribution in [0.3, 0.4) is 0 Å². The summed E-state index contributed by atoms with van der Waals surface area (Å²) in [4.78, 5) is 39.3. The molecule has 10 heteroatoms. The van der Waals surface area contributed by atoms with E-state index in [0.717, 1.165) is 22.6 Å². The number of hydrazone groups is 1. The molecule has 0 saturated carbocycles. The van der Waals surface area contributed by atoms with Crippen molar-refractivity contribution in [1.82, 2.24) is 10.3 Å². The standard InChI is InChI=1S/C23H22N4O5S/c1-32-16-9-7-15(8-10-16)18-11-17(14-5-3-2-4-6-14)26-27(18)23-25-22(31)19(33-23)12-20(28)24-13-21(29)30/h2-10,18-19H,11-13H2,1H3,(H,24,28)(H,29,30). The summed E-state index contributed by atoms with van der Waals surface area (Å²) in [6.07, 6.45) is 0.466. The number of aliphatic imine (C=N–C) groups is 1. The highest BCUT2D eigenvalue weighted by Gasteiger charge is 2.39. The molecule has 0 aromatic heterocycles. The number of nitrogens with zero attached hydrogens (tertiary/aromatic N) is 3. The van der Waals surface area contributed by atoms with Crippen LogP contribution in [-0.4, -0.2) is 57.7 Å². The predicted molar refractivity (Wildman–Crippen MR) is 124 cm³/mol. The first-order valence-electron chi connectivity index (χ1n) is 10.3. The number of carboxylic acids is 1. The zero-order valence-corrected chi connectivity index (χ0v) is 18.6. The SMILES string of the molecule is COc1ccc(C2CC(c3ccccc3)=NN2C2=NC(=O)C(CC(=O)NCC(=O)O)S2)cc1. The van der Waals surface area contributed by atoms with E-state index >= 15 is 0 Å². The summed E-state index contributed by atoms with van der Waals surface area (Å²) in [6.45, 7) is -0.492. The lowest BCUT2D eigenvalue weighted by Crippen LogP contribution is -2.32. The van der Waals surface area contributed by atoms with Gasteiger partial charge in [0.2, 0.25) is 5.91 Å². The van der Waals surface area contributed by atoms with Gasteiger partial charge in [0.05, 0.1) is 18.9 Å². The van der Waals surface area contributed by atoms with Crippen molar-refractivity contribution in [3.05, 3.63) is 65.7 Å². The second-order valence-electron chi connectivity index (χ2n) is 7.46. The van der Waals surface area contributed by atoms with Gasteiger partial charge in [-0.15, -0.1) is 0 Å². The molecule has 4 rings (SSSR count). The van der Waals surface area contributed by atoms with Gasteiger partial charge in [-0.25, -0.2) is 5.01 Å². The summed E-state index contributed by atoms with van der Waals surface area (Å²) in [5.74, 6) is -1.35. The van der Waals surface area contributed by atoms with E-state index in [1.807, 2.05) is 54.6 Å². The highest BCUT2D eigenvalue weighted by Crippen LogP contribution is 2.38. The number of hydrogen-bond acceptors (Lipinski definition) is 7. The Morgan fingerprint density at radius 3 is 2.58 bits per heavy atom. The average Bonchev–Trinajstić information content (AvgIpc) is 3.42. The fourth-order valence-corrected chi connectivity index (χ4v) is 4.66. The highest BCUT2D eigenvalue weighted by atomic mass is 32.2. The molecular formula is C23H22N4O5S. The van der Waals surface area contributed by atoms with Crippen LogP contribution in [0.5, 0.6) is 5.75 Å². The van der Waals surface area contributed by atoms with Gasteiger partial charge in [-0.05, 0) is 23.3 Å². The van der Waals surface area contributed by atoms with Crippen molar-refractivity contribution in [1.29, 1.82) is 0 Å².